The summed E-state index contributed by atoms with van der Waals surface area (Å²) in [4.78, 5) is 31.3. The molecule has 0 unspecified atom stereocenters. The Morgan fingerprint density at radius 3 is 2.63 bits per heavy atom. The van der Waals surface area contributed by atoms with E-state index in [1.54, 1.807) is 11.5 Å². The van der Waals surface area contributed by atoms with Crippen molar-refractivity contribution in [3.05, 3.63) is 50.9 Å². The van der Waals surface area contributed by atoms with Crippen LogP contribution in [0.3, 0.4) is 0 Å². The fraction of sp³-hybridized carbons (Fsp3) is 0.350. The Balaban J connectivity index is 1.62. The van der Waals surface area contributed by atoms with Crippen LogP contribution < -0.4 is 15.6 Å². The highest BCUT2D eigenvalue weighted by Gasteiger charge is 2.31. The van der Waals surface area contributed by atoms with Crippen LogP contribution in [0.15, 0.2) is 29.1 Å². The lowest BCUT2D eigenvalue weighted by molar-refractivity contribution is -0.274. The molecule has 0 saturated heterocycles. The SMILES string of the molecule is Cc1c(C(=O)Nc2ccc(OC(F)(F)F)cc2)sc2nc3n(c(=O)c12)CCCCC3. The fourth-order valence-electron chi connectivity index (χ4n) is 3.55. The van der Waals surface area contributed by atoms with E-state index in [1.807, 2.05) is 0 Å². The van der Waals surface area contributed by atoms with Gasteiger partial charge in [-0.3, -0.25) is 14.2 Å². The predicted octanol–water partition coefficient (Wildman–Crippen LogP) is 4.64. The quantitative estimate of drug-likeness (QED) is 0.648. The van der Waals surface area contributed by atoms with Gasteiger partial charge in [0.2, 0.25) is 0 Å². The lowest BCUT2D eigenvalue weighted by Crippen LogP contribution is -2.24. The van der Waals surface area contributed by atoms with Crippen molar-refractivity contribution in [2.24, 2.45) is 0 Å². The molecule has 30 heavy (non-hydrogen) atoms. The molecule has 2 aromatic heterocycles. The first-order valence-corrected chi connectivity index (χ1v) is 10.2. The lowest BCUT2D eigenvalue weighted by atomic mass is 10.2. The summed E-state index contributed by atoms with van der Waals surface area (Å²) in [7, 11) is 0. The second kappa shape index (κ2) is 7.75. The van der Waals surface area contributed by atoms with Gasteiger partial charge in [-0.25, -0.2) is 4.98 Å². The standard InChI is InChI=1S/C20H18F3N3O3S/c1-11-15-18(25-14-5-3-2-4-10-26(14)19(15)28)30-16(11)17(27)24-12-6-8-13(9-7-12)29-20(21,22)23/h6-9H,2-5,10H2,1H3,(H,24,27). The number of benzene rings is 1. The first-order chi connectivity index (χ1) is 14.2. The maximum atomic E-state index is 13.0. The van der Waals surface area contributed by atoms with Crippen molar-refractivity contribution in [3.63, 3.8) is 0 Å². The summed E-state index contributed by atoms with van der Waals surface area (Å²) in [6.07, 6.45) is -1.10. The van der Waals surface area contributed by atoms with Crippen molar-refractivity contribution in [1.82, 2.24) is 9.55 Å². The Hall–Kier alpha value is -2.88. The van der Waals surface area contributed by atoms with E-state index >= 15 is 0 Å². The Kier molecular flexibility index (Phi) is 5.27. The van der Waals surface area contributed by atoms with E-state index in [0.717, 1.165) is 55.0 Å². The first kappa shape index (κ1) is 20.4. The third-order valence-electron chi connectivity index (χ3n) is 4.96. The highest BCUT2D eigenvalue weighted by Crippen LogP contribution is 2.30. The molecule has 0 saturated carbocycles. The van der Waals surface area contributed by atoms with E-state index in [1.165, 1.54) is 12.1 Å². The maximum absolute atomic E-state index is 13.0. The topological polar surface area (TPSA) is 73.2 Å². The molecule has 0 aliphatic carbocycles. The van der Waals surface area contributed by atoms with Gasteiger partial charge in [0.05, 0.1) is 10.3 Å². The maximum Gasteiger partial charge on any atom is 0.573 e. The van der Waals surface area contributed by atoms with E-state index in [2.05, 4.69) is 15.0 Å². The number of aromatic nitrogens is 2. The highest BCUT2D eigenvalue weighted by atomic mass is 32.1. The molecule has 1 aromatic carbocycles. The molecule has 1 N–H and O–H groups in total. The molecule has 0 radical (unpaired) electrons. The molecular weight excluding hydrogens is 419 g/mol. The number of thiophene rings is 1. The van der Waals surface area contributed by atoms with E-state index in [0.29, 0.717) is 32.9 Å². The molecule has 1 aliphatic rings. The van der Waals surface area contributed by atoms with Gasteiger partial charge in [-0.15, -0.1) is 24.5 Å². The highest BCUT2D eigenvalue weighted by molar-refractivity contribution is 7.20. The number of rotatable bonds is 3. The number of amides is 1. The molecule has 0 fully saturated rings. The van der Waals surface area contributed by atoms with E-state index in [-0.39, 0.29) is 11.3 Å². The molecule has 4 rings (SSSR count). The number of nitrogens with zero attached hydrogens (tertiary/aromatic N) is 2. The fourth-order valence-corrected chi connectivity index (χ4v) is 4.64. The smallest absolute Gasteiger partial charge is 0.406 e. The molecule has 1 amide bonds. The van der Waals surface area contributed by atoms with Crippen LogP contribution in [0, 0.1) is 6.92 Å². The van der Waals surface area contributed by atoms with Gasteiger partial charge in [0, 0.05) is 18.7 Å². The van der Waals surface area contributed by atoms with Crippen LogP contribution in [-0.2, 0) is 13.0 Å². The number of halogens is 3. The summed E-state index contributed by atoms with van der Waals surface area (Å²) in [5, 5.41) is 3.10. The zero-order valence-electron chi connectivity index (χ0n) is 16.0. The van der Waals surface area contributed by atoms with Gasteiger partial charge in [0.15, 0.2) is 0 Å². The van der Waals surface area contributed by atoms with Gasteiger partial charge in [-0.2, -0.15) is 0 Å². The van der Waals surface area contributed by atoms with Crippen molar-refractivity contribution in [1.29, 1.82) is 0 Å². The summed E-state index contributed by atoms with van der Waals surface area (Å²) < 4.78 is 42.3. The Labute approximate surface area is 173 Å². The monoisotopic (exact) mass is 437 g/mol. The minimum Gasteiger partial charge on any atom is -0.406 e. The molecule has 0 atom stereocenters. The molecule has 1 aliphatic heterocycles. The molecule has 0 bridgehead atoms. The van der Waals surface area contributed by atoms with Gasteiger partial charge in [0.25, 0.3) is 11.5 Å². The number of nitrogens with one attached hydrogen (secondary N) is 1. The van der Waals surface area contributed by atoms with Crippen molar-refractivity contribution < 1.29 is 22.7 Å². The van der Waals surface area contributed by atoms with Crippen molar-refractivity contribution in [2.75, 3.05) is 5.32 Å². The van der Waals surface area contributed by atoms with E-state index < -0.39 is 12.3 Å². The average Bonchev–Trinajstić information content (AvgIpc) is 2.84. The van der Waals surface area contributed by atoms with E-state index in [4.69, 9.17) is 0 Å². The third kappa shape index (κ3) is 4.04. The number of hydrogen-bond donors (Lipinski definition) is 1. The minimum absolute atomic E-state index is 0.127. The number of carbonyl (C=O) groups excluding carboxylic acids is 1. The molecule has 158 valence electrons. The van der Waals surface area contributed by atoms with Crippen molar-refractivity contribution in [3.8, 4) is 5.75 Å². The van der Waals surface area contributed by atoms with Gasteiger partial charge < -0.3 is 10.1 Å². The van der Waals surface area contributed by atoms with Crippen LogP contribution in [0.2, 0.25) is 0 Å². The number of hydrogen-bond acceptors (Lipinski definition) is 5. The molecular formula is C20H18F3N3O3S. The molecule has 6 nitrogen and oxygen atoms in total. The van der Waals surface area contributed by atoms with Gasteiger partial charge in [-0.05, 0) is 49.6 Å². The third-order valence-corrected chi connectivity index (χ3v) is 6.15. The Bertz CT molecular complexity index is 1170. The molecule has 10 heteroatoms. The summed E-state index contributed by atoms with van der Waals surface area (Å²) in [5.41, 5.74) is 0.742. The Morgan fingerprint density at radius 2 is 1.93 bits per heavy atom. The predicted molar refractivity (Wildman–Crippen MR) is 107 cm³/mol. The summed E-state index contributed by atoms with van der Waals surface area (Å²) in [6.45, 7) is 2.33. The van der Waals surface area contributed by atoms with E-state index in [9.17, 15) is 22.8 Å². The normalized spacial score (nSPS) is 14.3. The summed E-state index contributed by atoms with van der Waals surface area (Å²) in [6, 6.07) is 4.87. The largest absolute Gasteiger partial charge is 0.573 e. The number of ether oxygens (including phenoxy) is 1. The summed E-state index contributed by atoms with van der Waals surface area (Å²) in [5.74, 6) is -0.0738. The second-order valence-electron chi connectivity index (χ2n) is 7.06. The Morgan fingerprint density at radius 1 is 1.20 bits per heavy atom. The molecule has 0 spiro atoms. The minimum atomic E-state index is -4.78. The number of carbonyl (C=O) groups is 1. The van der Waals surface area contributed by atoms with Crippen LogP contribution >= 0.6 is 11.3 Å². The van der Waals surface area contributed by atoms with Crippen LogP contribution in [0.5, 0.6) is 5.75 Å². The summed E-state index contributed by atoms with van der Waals surface area (Å²) >= 11 is 1.15. The lowest BCUT2D eigenvalue weighted by Gasteiger charge is -2.09. The number of anilines is 1. The average molecular weight is 437 g/mol. The number of aryl methyl sites for hydroxylation is 2. The number of fused-ring (bicyclic) bond motifs is 2. The van der Waals surface area contributed by atoms with Crippen molar-refractivity contribution in [2.45, 2.75) is 45.5 Å². The van der Waals surface area contributed by atoms with Crippen LogP contribution in [-0.4, -0.2) is 21.8 Å². The molecule has 3 heterocycles. The molecule has 3 aromatic rings. The second-order valence-corrected chi connectivity index (χ2v) is 8.06. The zero-order valence-corrected chi connectivity index (χ0v) is 16.8. The van der Waals surface area contributed by atoms with Crippen molar-refractivity contribution >= 4 is 33.1 Å². The van der Waals surface area contributed by atoms with Gasteiger partial charge >= 0.3 is 6.36 Å². The van der Waals surface area contributed by atoms with Gasteiger partial charge in [-0.1, -0.05) is 6.42 Å². The van der Waals surface area contributed by atoms with Crippen LogP contribution in [0.25, 0.3) is 10.2 Å². The first-order valence-electron chi connectivity index (χ1n) is 9.43. The van der Waals surface area contributed by atoms with Crippen LogP contribution in [0.4, 0.5) is 18.9 Å². The van der Waals surface area contributed by atoms with Crippen LogP contribution in [0.1, 0.15) is 40.3 Å². The van der Waals surface area contributed by atoms with Gasteiger partial charge in [0.1, 0.15) is 16.4 Å². The number of alkyl halides is 3. The zero-order chi connectivity index (χ0) is 21.5.